The van der Waals surface area contributed by atoms with Crippen LogP contribution >= 0.6 is 0 Å². The monoisotopic (exact) mass is 297 g/mol. The average Bonchev–Trinajstić information content (AvgIpc) is 2.62. The zero-order valence-electron chi connectivity index (χ0n) is 13.0. The largest absolute Gasteiger partial charge is 0.371 e. The average molecular weight is 297 g/mol. The third kappa shape index (κ3) is 3.24. The van der Waals surface area contributed by atoms with Crippen LogP contribution in [0.3, 0.4) is 0 Å². The Morgan fingerprint density at radius 3 is 2.45 bits per heavy atom. The number of piperidine rings is 2. The first-order valence-corrected chi connectivity index (χ1v) is 8.32. The Kier molecular flexibility index (Phi) is 4.62. The lowest BCUT2D eigenvalue weighted by Gasteiger charge is -2.37. The number of hydrogen-bond donors (Lipinski definition) is 0. The minimum atomic E-state index is 0.127. The second-order valence-corrected chi connectivity index (χ2v) is 6.33. The van der Waals surface area contributed by atoms with Crippen molar-refractivity contribution in [3.63, 3.8) is 0 Å². The van der Waals surface area contributed by atoms with Gasteiger partial charge in [-0.3, -0.25) is 4.79 Å². The number of likely N-dealkylation sites (tertiary alicyclic amines) is 1. The lowest BCUT2D eigenvalue weighted by molar-refractivity contribution is -0.136. The molecule has 1 atom stereocenters. The third-order valence-corrected chi connectivity index (χ3v) is 4.80. The molecule has 22 heavy (non-hydrogen) atoms. The highest BCUT2D eigenvalue weighted by atomic mass is 16.2. The van der Waals surface area contributed by atoms with Crippen LogP contribution in [0.15, 0.2) is 24.3 Å². The lowest BCUT2D eigenvalue weighted by atomic mass is 9.95. The van der Waals surface area contributed by atoms with E-state index in [1.807, 2.05) is 24.3 Å². The molecule has 116 valence electrons. The van der Waals surface area contributed by atoms with E-state index >= 15 is 0 Å². The summed E-state index contributed by atoms with van der Waals surface area (Å²) in [6.45, 7) is 3.68. The van der Waals surface area contributed by atoms with E-state index < -0.39 is 0 Å². The second kappa shape index (κ2) is 6.83. The Bertz CT molecular complexity index is 555. The fourth-order valence-corrected chi connectivity index (χ4v) is 3.53. The van der Waals surface area contributed by atoms with Crippen LogP contribution in [0.5, 0.6) is 0 Å². The smallest absolute Gasteiger partial charge is 0.227 e. The highest BCUT2D eigenvalue weighted by Crippen LogP contribution is 2.25. The molecular weight excluding hydrogens is 274 g/mol. The summed E-state index contributed by atoms with van der Waals surface area (Å²) in [5.41, 5.74) is 1.80. The van der Waals surface area contributed by atoms with E-state index in [2.05, 4.69) is 15.9 Å². The molecule has 2 aliphatic rings. The summed E-state index contributed by atoms with van der Waals surface area (Å²) in [6.07, 6.45) is 5.62. The molecule has 2 saturated heterocycles. The Morgan fingerprint density at radius 1 is 1.05 bits per heavy atom. The van der Waals surface area contributed by atoms with Crippen molar-refractivity contribution in [2.45, 2.75) is 32.1 Å². The molecule has 4 heteroatoms. The van der Waals surface area contributed by atoms with E-state index in [1.165, 1.54) is 6.42 Å². The van der Waals surface area contributed by atoms with Gasteiger partial charge in [0.15, 0.2) is 0 Å². The predicted molar refractivity (Wildman–Crippen MR) is 86.5 cm³/mol. The van der Waals surface area contributed by atoms with Gasteiger partial charge in [0.2, 0.25) is 5.91 Å². The zero-order chi connectivity index (χ0) is 15.4. The topological polar surface area (TPSA) is 47.3 Å². The van der Waals surface area contributed by atoms with Gasteiger partial charge in [-0.25, -0.2) is 0 Å². The number of nitriles is 1. The number of anilines is 1. The van der Waals surface area contributed by atoms with E-state index in [0.29, 0.717) is 11.5 Å². The van der Waals surface area contributed by atoms with E-state index in [9.17, 15) is 4.79 Å². The molecule has 1 aromatic carbocycles. The number of carbonyl (C=O) groups excluding carboxylic acids is 1. The van der Waals surface area contributed by atoms with Crippen LogP contribution in [0.2, 0.25) is 0 Å². The molecule has 0 spiro atoms. The van der Waals surface area contributed by atoms with Crippen LogP contribution in [0.25, 0.3) is 0 Å². The summed E-state index contributed by atoms with van der Waals surface area (Å²) in [5.74, 6) is 0.473. The van der Waals surface area contributed by atoms with Gasteiger partial charge < -0.3 is 9.80 Å². The van der Waals surface area contributed by atoms with Crippen LogP contribution in [0.1, 0.15) is 37.7 Å². The molecule has 0 aliphatic carbocycles. The van der Waals surface area contributed by atoms with Gasteiger partial charge in [0.1, 0.15) is 0 Å². The quantitative estimate of drug-likeness (QED) is 0.843. The first-order chi connectivity index (χ1) is 10.8. The van der Waals surface area contributed by atoms with Crippen LogP contribution in [-0.4, -0.2) is 37.0 Å². The number of hydrogen-bond acceptors (Lipinski definition) is 3. The fraction of sp³-hybridized carbons (Fsp3) is 0.556. The highest BCUT2D eigenvalue weighted by molar-refractivity contribution is 5.80. The standard InChI is InChI=1S/C18H23N3O/c19-13-15-6-8-17(9-7-15)21-12-4-5-16(14-21)18(22)20-10-2-1-3-11-20/h6-9,16H,1-5,10-12,14H2. The summed E-state index contributed by atoms with van der Waals surface area (Å²) in [7, 11) is 0. The molecule has 1 unspecified atom stereocenters. The SMILES string of the molecule is N#Cc1ccc(N2CCCC(C(=O)N3CCCCC3)C2)cc1. The van der Waals surface area contributed by atoms with Crippen LogP contribution in [0, 0.1) is 17.2 Å². The molecule has 2 fully saturated rings. The summed E-state index contributed by atoms with van der Waals surface area (Å²) in [6, 6.07) is 9.84. The molecule has 2 heterocycles. The minimum Gasteiger partial charge on any atom is -0.371 e. The van der Waals surface area contributed by atoms with Crippen LogP contribution in [0.4, 0.5) is 5.69 Å². The maximum absolute atomic E-state index is 12.7. The van der Waals surface area contributed by atoms with E-state index in [1.54, 1.807) is 0 Å². The zero-order valence-corrected chi connectivity index (χ0v) is 13.0. The van der Waals surface area contributed by atoms with Gasteiger partial charge in [0.05, 0.1) is 17.6 Å². The van der Waals surface area contributed by atoms with Crippen molar-refractivity contribution in [3.8, 4) is 6.07 Å². The molecular formula is C18H23N3O. The Hall–Kier alpha value is -2.02. The highest BCUT2D eigenvalue weighted by Gasteiger charge is 2.29. The van der Waals surface area contributed by atoms with Gasteiger partial charge in [-0.2, -0.15) is 5.26 Å². The third-order valence-electron chi connectivity index (χ3n) is 4.80. The molecule has 1 aromatic rings. The summed E-state index contributed by atoms with van der Waals surface area (Å²) >= 11 is 0. The summed E-state index contributed by atoms with van der Waals surface area (Å²) in [5, 5.41) is 8.88. The van der Waals surface area contributed by atoms with Crippen molar-refractivity contribution >= 4 is 11.6 Å². The maximum Gasteiger partial charge on any atom is 0.227 e. The van der Waals surface area contributed by atoms with E-state index in [0.717, 1.165) is 57.5 Å². The predicted octanol–water partition coefficient (Wildman–Crippen LogP) is 2.79. The molecule has 1 amide bonds. The first-order valence-electron chi connectivity index (χ1n) is 8.32. The lowest BCUT2D eigenvalue weighted by Crippen LogP contribution is -2.46. The van der Waals surface area contributed by atoms with Crippen LogP contribution < -0.4 is 4.90 Å². The van der Waals surface area contributed by atoms with Gasteiger partial charge in [0.25, 0.3) is 0 Å². The Labute approximate surface area is 132 Å². The fourth-order valence-electron chi connectivity index (χ4n) is 3.53. The number of carbonyl (C=O) groups is 1. The molecule has 4 nitrogen and oxygen atoms in total. The Morgan fingerprint density at radius 2 is 1.77 bits per heavy atom. The number of rotatable bonds is 2. The van der Waals surface area contributed by atoms with E-state index in [-0.39, 0.29) is 5.92 Å². The molecule has 0 aromatic heterocycles. The van der Waals surface area contributed by atoms with Gasteiger partial charge in [-0.1, -0.05) is 0 Å². The normalized spacial score (nSPS) is 22.2. The van der Waals surface area contributed by atoms with Gasteiger partial charge in [-0.15, -0.1) is 0 Å². The van der Waals surface area contributed by atoms with Crippen molar-refractivity contribution in [1.82, 2.24) is 4.90 Å². The van der Waals surface area contributed by atoms with Gasteiger partial charge in [0, 0.05) is 31.9 Å². The minimum absolute atomic E-state index is 0.127. The van der Waals surface area contributed by atoms with Crippen molar-refractivity contribution in [1.29, 1.82) is 5.26 Å². The summed E-state index contributed by atoms with van der Waals surface area (Å²) < 4.78 is 0. The van der Waals surface area contributed by atoms with Gasteiger partial charge in [-0.05, 0) is 56.4 Å². The van der Waals surface area contributed by atoms with Crippen molar-refractivity contribution in [2.75, 3.05) is 31.1 Å². The van der Waals surface area contributed by atoms with Crippen molar-refractivity contribution < 1.29 is 4.79 Å². The van der Waals surface area contributed by atoms with E-state index in [4.69, 9.17) is 5.26 Å². The second-order valence-electron chi connectivity index (χ2n) is 6.33. The first kappa shape index (κ1) is 14.9. The number of amides is 1. The molecule has 0 N–H and O–H groups in total. The maximum atomic E-state index is 12.7. The molecule has 0 saturated carbocycles. The van der Waals surface area contributed by atoms with Crippen molar-refractivity contribution in [3.05, 3.63) is 29.8 Å². The molecule has 3 rings (SSSR count). The van der Waals surface area contributed by atoms with Gasteiger partial charge >= 0.3 is 0 Å². The Balaban J connectivity index is 1.65. The molecule has 0 radical (unpaired) electrons. The molecule has 0 bridgehead atoms. The molecule has 2 aliphatic heterocycles. The van der Waals surface area contributed by atoms with Crippen LogP contribution in [-0.2, 0) is 4.79 Å². The summed E-state index contributed by atoms with van der Waals surface area (Å²) in [4.78, 5) is 17.0. The number of nitrogens with zero attached hydrogens (tertiary/aromatic N) is 3. The van der Waals surface area contributed by atoms with Crippen molar-refractivity contribution in [2.24, 2.45) is 5.92 Å². The number of benzene rings is 1.